The summed E-state index contributed by atoms with van der Waals surface area (Å²) < 4.78 is 0.431. The average molecular weight is 500 g/mol. The first-order chi connectivity index (χ1) is 15.5. The van der Waals surface area contributed by atoms with Crippen molar-refractivity contribution in [2.24, 2.45) is 0 Å². The Bertz CT molecular complexity index is 1190. The number of hydrogen-bond donors (Lipinski definition) is 1. The Morgan fingerprint density at radius 3 is 2.69 bits per heavy atom. The monoisotopic (exact) mass is 499 g/mol. The minimum absolute atomic E-state index is 0.124. The maximum Gasteiger partial charge on any atom is 0.266 e. The van der Waals surface area contributed by atoms with Gasteiger partial charge in [-0.15, -0.1) is 11.3 Å². The van der Waals surface area contributed by atoms with Crippen LogP contribution in [-0.4, -0.2) is 32.6 Å². The summed E-state index contributed by atoms with van der Waals surface area (Å²) in [7, 11) is 0. The molecule has 5 nitrogen and oxygen atoms in total. The molecule has 0 radical (unpaired) electrons. The maximum atomic E-state index is 12.7. The van der Waals surface area contributed by atoms with Gasteiger partial charge in [-0.3, -0.25) is 14.5 Å². The number of nitrogens with zero attached hydrogens (tertiary/aromatic N) is 2. The number of halogens is 1. The lowest BCUT2D eigenvalue weighted by Gasteiger charge is -2.13. The molecule has 1 aliphatic rings. The second-order valence-corrected chi connectivity index (χ2v) is 10.1. The minimum atomic E-state index is -0.216. The fourth-order valence-corrected chi connectivity index (χ4v) is 5.42. The highest BCUT2D eigenvalue weighted by Gasteiger charge is 2.32. The molecule has 0 spiro atoms. The van der Waals surface area contributed by atoms with E-state index in [1.54, 1.807) is 18.3 Å². The Balaban J connectivity index is 1.32. The third-order valence-electron chi connectivity index (χ3n) is 4.65. The maximum absolute atomic E-state index is 12.7. The van der Waals surface area contributed by atoms with E-state index in [1.807, 2.05) is 36.4 Å². The van der Waals surface area contributed by atoms with Crippen molar-refractivity contribution >= 4 is 74.3 Å². The second kappa shape index (κ2) is 10.4. The molecule has 2 heterocycles. The van der Waals surface area contributed by atoms with Crippen LogP contribution in [0.1, 0.15) is 22.4 Å². The largest absolute Gasteiger partial charge is 0.302 e. The van der Waals surface area contributed by atoms with Crippen LogP contribution >= 0.6 is 46.9 Å². The molecule has 0 saturated carbocycles. The summed E-state index contributed by atoms with van der Waals surface area (Å²) in [4.78, 5) is 32.4. The Labute approximate surface area is 204 Å². The van der Waals surface area contributed by atoms with Gasteiger partial charge in [0.2, 0.25) is 5.91 Å². The van der Waals surface area contributed by atoms with Crippen molar-refractivity contribution in [2.75, 3.05) is 11.9 Å². The van der Waals surface area contributed by atoms with Gasteiger partial charge in [0.25, 0.3) is 5.91 Å². The molecule has 3 aromatic rings. The van der Waals surface area contributed by atoms with Gasteiger partial charge in [0.15, 0.2) is 5.13 Å². The first-order valence-electron chi connectivity index (χ1n) is 9.78. The van der Waals surface area contributed by atoms with Crippen molar-refractivity contribution in [3.8, 4) is 0 Å². The molecule has 1 aromatic heterocycles. The molecule has 32 heavy (non-hydrogen) atoms. The van der Waals surface area contributed by atoms with Crippen LogP contribution in [0.4, 0.5) is 5.13 Å². The van der Waals surface area contributed by atoms with Crippen LogP contribution in [0.2, 0.25) is 5.02 Å². The molecule has 2 aromatic carbocycles. The van der Waals surface area contributed by atoms with Gasteiger partial charge in [-0.05, 0) is 23.3 Å². The molecule has 0 unspecified atom stereocenters. The van der Waals surface area contributed by atoms with Crippen LogP contribution in [0.25, 0.3) is 6.08 Å². The molecule has 4 rings (SSSR count). The number of carbonyl (C=O) groups is 2. The average Bonchev–Trinajstić information content (AvgIpc) is 3.32. The van der Waals surface area contributed by atoms with Gasteiger partial charge in [-0.1, -0.05) is 84.1 Å². The van der Waals surface area contributed by atoms with E-state index < -0.39 is 0 Å². The second-order valence-electron chi connectivity index (χ2n) is 6.95. The van der Waals surface area contributed by atoms with Crippen molar-refractivity contribution in [1.82, 2.24) is 9.88 Å². The molecular weight excluding hydrogens is 482 g/mol. The number of rotatable bonds is 7. The van der Waals surface area contributed by atoms with Crippen LogP contribution in [0, 0.1) is 0 Å². The summed E-state index contributed by atoms with van der Waals surface area (Å²) in [5.74, 6) is -0.429. The van der Waals surface area contributed by atoms with Crippen LogP contribution in [0.5, 0.6) is 0 Å². The molecule has 162 valence electrons. The number of nitrogens with one attached hydrogen (secondary N) is 1. The van der Waals surface area contributed by atoms with E-state index in [-0.39, 0.29) is 24.8 Å². The first kappa shape index (κ1) is 22.7. The van der Waals surface area contributed by atoms with Crippen LogP contribution < -0.4 is 5.32 Å². The summed E-state index contributed by atoms with van der Waals surface area (Å²) in [5.41, 5.74) is 1.94. The minimum Gasteiger partial charge on any atom is -0.302 e. The van der Waals surface area contributed by atoms with Gasteiger partial charge < -0.3 is 5.32 Å². The zero-order valence-corrected chi connectivity index (χ0v) is 20.0. The molecule has 0 aliphatic carbocycles. The molecule has 1 aliphatic heterocycles. The fraction of sp³-hybridized carbons (Fsp3) is 0.130. The van der Waals surface area contributed by atoms with E-state index in [2.05, 4.69) is 22.4 Å². The lowest BCUT2D eigenvalue weighted by Crippen LogP contribution is -2.31. The molecule has 1 N–H and O–H groups in total. The summed E-state index contributed by atoms with van der Waals surface area (Å²) in [6.07, 6.45) is 4.39. The van der Waals surface area contributed by atoms with E-state index >= 15 is 0 Å². The quantitative estimate of drug-likeness (QED) is 0.338. The number of thioether (sulfide) groups is 1. The Kier molecular flexibility index (Phi) is 7.36. The SMILES string of the molecule is O=C(CCN1C(=O)/C(=C/c2ccccc2Cl)SC1=S)Nc1ncc(Cc2ccccc2)s1. The van der Waals surface area contributed by atoms with Crippen LogP contribution in [-0.2, 0) is 16.0 Å². The number of hydrogen-bond acceptors (Lipinski definition) is 6. The third kappa shape index (κ3) is 5.63. The van der Waals surface area contributed by atoms with E-state index in [9.17, 15) is 9.59 Å². The molecule has 2 amide bonds. The topological polar surface area (TPSA) is 62.3 Å². The number of aromatic nitrogens is 1. The van der Waals surface area contributed by atoms with Crippen molar-refractivity contribution < 1.29 is 9.59 Å². The van der Waals surface area contributed by atoms with Gasteiger partial charge in [0.1, 0.15) is 4.32 Å². The number of amides is 2. The van der Waals surface area contributed by atoms with Gasteiger partial charge >= 0.3 is 0 Å². The zero-order chi connectivity index (χ0) is 22.5. The number of thiazole rings is 1. The smallest absolute Gasteiger partial charge is 0.266 e. The van der Waals surface area contributed by atoms with Gasteiger partial charge in [0, 0.05) is 35.5 Å². The molecule has 1 saturated heterocycles. The molecule has 0 bridgehead atoms. The van der Waals surface area contributed by atoms with Crippen molar-refractivity contribution in [3.63, 3.8) is 0 Å². The fourth-order valence-electron chi connectivity index (χ4n) is 3.07. The summed E-state index contributed by atoms with van der Waals surface area (Å²) >= 11 is 14.2. The zero-order valence-electron chi connectivity index (χ0n) is 16.8. The molecular formula is C23H18ClN3O2S3. The third-order valence-corrected chi connectivity index (χ3v) is 7.28. The van der Waals surface area contributed by atoms with E-state index in [0.29, 0.717) is 19.4 Å². The van der Waals surface area contributed by atoms with Gasteiger partial charge in [-0.25, -0.2) is 4.98 Å². The molecule has 0 atom stereocenters. The van der Waals surface area contributed by atoms with Gasteiger partial charge in [-0.2, -0.15) is 0 Å². The van der Waals surface area contributed by atoms with E-state index in [0.717, 1.165) is 16.9 Å². The number of thiocarbonyl (C=S) groups is 1. The standard InChI is InChI=1S/C23H18ClN3O2S3/c24-18-9-5-4-8-16(18)13-19-21(29)27(23(30)32-19)11-10-20(28)26-22-25-14-17(31-22)12-15-6-2-1-3-7-15/h1-9,13-14H,10-12H2,(H,25,26,28)/b19-13-. The first-order valence-corrected chi connectivity index (χ1v) is 12.2. The van der Waals surface area contributed by atoms with E-state index in [1.165, 1.54) is 33.6 Å². The summed E-state index contributed by atoms with van der Waals surface area (Å²) in [6, 6.07) is 17.4. The van der Waals surface area contributed by atoms with Crippen LogP contribution in [0.15, 0.2) is 65.7 Å². The summed E-state index contributed by atoms with van der Waals surface area (Å²) in [6.45, 7) is 0.207. The predicted octanol–water partition coefficient (Wildman–Crippen LogP) is 5.62. The lowest BCUT2D eigenvalue weighted by molar-refractivity contribution is -0.122. The highest BCUT2D eigenvalue weighted by atomic mass is 35.5. The Morgan fingerprint density at radius 1 is 1.16 bits per heavy atom. The highest BCUT2D eigenvalue weighted by Crippen LogP contribution is 2.33. The highest BCUT2D eigenvalue weighted by molar-refractivity contribution is 8.26. The number of anilines is 1. The van der Waals surface area contributed by atoms with Gasteiger partial charge in [0.05, 0.1) is 4.91 Å². The Hall–Kier alpha value is -2.52. The summed E-state index contributed by atoms with van der Waals surface area (Å²) in [5, 5.41) is 3.92. The molecule has 9 heteroatoms. The normalized spacial score (nSPS) is 14.9. The van der Waals surface area contributed by atoms with Crippen molar-refractivity contribution in [3.05, 3.63) is 86.7 Å². The van der Waals surface area contributed by atoms with E-state index in [4.69, 9.17) is 23.8 Å². The number of benzene rings is 2. The van der Waals surface area contributed by atoms with Crippen molar-refractivity contribution in [1.29, 1.82) is 0 Å². The Morgan fingerprint density at radius 2 is 1.91 bits per heavy atom. The predicted molar refractivity (Wildman–Crippen MR) is 136 cm³/mol. The van der Waals surface area contributed by atoms with Crippen LogP contribution in [0.3, 0.4) is 0 Å². The lowest BCUT2D eigenvalue weighted by atomic mass is 10.1. The number of carbonyl (C=O) groups excluding carboxylic acids is 2. The van der Waals surface area contributed by atoms with Crippen molar-refractivity contribution in [2.45, 2.75) is 12.8 Å². The molecule has 1 fully saturated rings.